The van der Waals surface area contributed by atoms with Crippen LogP contribution in [-0.2, 0) is 24.0 Å². The van der Waals surface area contributed by atoms with E-state index in [9.17, 15) is 29.1 Å². The number of carbonyl (C=O) groups excluding carboxylic acids is 3. The van der Waals surface area contributed by atoms with Crippen molar-refractivity contribution < 1.29 is 34.2 Å². The van der Waals surface area contributed by atoms with Crippen LogP contribution in [0.4, 0.5) is 0 Å². The molecule has 0 rings (SSSR count). The van der Waals surface area contributed by atoms with Crippen molar-refractivity contribution in [2.75, 3.05) is 12.3 Å². The van der Waals surface area contributed by atoms with E-state index >= 15 is 0 Å². The van der Waals surface area contributed by atoms with Crippen molar-refractivity contribution in [3.05, 3.63) is 0 Å². The van der Waals surface area contributed by atoms with E-state index < -0.39 is 60.2 Å². The minimum atomic E-state index is -1.60. The molecule has 15 heteroatoms. The Labute approximate surface area is 202 Å². The van der Waals surface area contributed by atoms with Gasteiger partial charge >= 0.3 is 11.9 Å². The van der Waals surface area contributed by atoms with Crippen LogP contribution in [0.2, 0.25) is 0 Å². The molecule has 0 saturated heterocycles. The van der Waals surface area contributed by atoms with Gasteiger partial charge in [0.05, 0.1) is 12.5 Å². The Morgan fingerprint density at radius 2 is 1.47 bits per heavy atom. The molecule has 0 aromatic rings. The van der Waals surface area contributed by atoms with E-state index in [1.165, 1.54) is 0 Å². The number of guanidine groups is 1. The highest BCUT2D eigenvalue weighted by molar-refractivity contribution is 7.80. The molecule has 3 amide bonds. The van der Waals surface area contributed by atoms with Crippen LogP contribution in [0, 0.1) is 5.92 Å². The van der Waals surface area contributed by atoms with Crippen LogP contribution in [0.3, 0.4) is 0 Å². The van der Waals surface area contributed by atoms with E-state index in [0.29, 0.717) is 6.42 Å². The lowest BCUT2D eigenvalue weighted by Gasteiger charge is -2.24. The van der Waals surface area contributed by atoms with Crippen molar-refractivity contribution in [3.63, 3.8) is 0 Å². The summed E-state index contributed by atoms with van der Waals surface area (Å²) in [7, 11) is 0. The van der Waals surface area contributed by atoms with Gasteiger partial charge in [-0.25, -0.2) is 4.79 Å². The first-order chi connectivity index (χ1) is 15.8. The lowest BCUT2D eigenvalue weighted by atomic mass is 9.99. The van der Waals surface area contributed by atoms with E-state index in [1.807, 2.05) is 6.92 Å². The van der Waals surface area contributed by atoms with Crippen molar-refractivity contribution in [1.29, 1.82) is 0 Å². The summed E-state index contributed by atoms with van der Waals surface area (Å²) in [6, 6.07) is -5.06. The van der Waals surface area contributed by atoms with Crippen LogP contribution in [0.1, 0.15) is 39.5 Å². The molecule has 0 heterocycles. The van der Waals surface area contributed by atoms with Crippen molar-refractivity contribution in [1.82, 2.24) is 16.0 Å². The Bertz CT molecular complexity index is 761. The van der Waals surface area contributed by atoms with Gasteiger partial charge in [0, 0.05) is 12.3 Å². The molecule has 0 radical (unpaired) electrons. The maximum atomic E-state index is 12.6. The van der Waals surface area contributed by atoms with Gasteiger partial charge in [0.2, 0.25) is 17.7 Å². The number of carbonyl (C=O) groups is 5. The second-order valence-corrected chi connectivity index (χ2v) is 8.03. The second-order valence-electron chi connectivity index (χ2n) is 7.66. The van der Waals surface area contributed by atoms with Gasteiger partial charge in [0.25, 0.3) is 0 Å². The summed E-state index contributed by atoms with van der Waals surface area (Å²) in [5.41, 5.74) is 16.2. The standard InChI is InChI=1S/C19H35N7O7S/c1-3-9(2)14(20)17(31)26-12(8-34)16(30)25-11(7-13(27)28)15(29)24-10(18(32)33)5-4-6-23-19(21)22/h9-12,14,34H,3-8,20H2,1-2H3,(H,24,29)(H,25,30)(H,26,31)(H,27,28)(H,32,33)(H4,21,22,23). The number of aliphatic imine (C=N–C) groups is 1. The van der Waals surface area contributed by atoms with Crippen LogP contribution in [0.15, 0.2) is 4.99 Å². The smallest absolute Gasteiger partial charge is 0.326 e. The van der Waals surface area contributed by atoms with Gasteiger partial charge in [-0.15, -0.1) is 0 Å². The molecule has 0 bridgehead atoms. The first kappa shape index (κ1) is 30.9. The summed E-state index contributed by atoms with van der Waals surface area (Å²) in [5, 5.41) is 25.3. The van der Waals surface area contributed by atoms with Crippen LogP contribution in [-0.4, -0.2) is 82.3 Å². The average molecular weight is 506 g/mol. The van der Waals surface area contributed by atoms with E-state index in [2.05, 4.69) is 33.6 Å². The van der Waals surface area contributed by atoms with Gasteiger partial charge in [-0.1, -0.05) is 20.3 Å². The maximum Gasteiger partial charge on any atom is 0.326 e. The predicted octanol–water partition coefficient (Wildman–Crippen LogP) is -2.64. The monoisotopic (exact) mass is 505 g/mol. The fraction of sp³-hybridized carbons (Fsp3) is 0.684. The van der Waals surface area contributed by atoms with Crippen LogP contribution in [0.25, 0.3) is 0 Å². The number of nitrogens with two attached hydrogens (primary N) is 3. The number of hydrogen-bond donors (Lipinski definition) is 9. The summed E-state index contributed by atoms with van der Waals surface area (Å²) in [6.45, 7) is 3.74. The molecule has 194 valence electrons. The second kappa shape index (κ2) is 15.7. The van der Waals surface area contributed by atoms with Crippen LogP contribution < -0.4 is 33.2 Å². The van der Waals surface area contributed by atoms with E-state index in [1.54, 1.807) is 6.92 Å². The van der Waals surface area contributed by atoms with Crippen molar-refractivity contribution in [2.45, 2.75) is 63.7 Å². The normalized spacial score (nSPS) is 15.1. The van der Waals surface area contributed by atoms with Crippen molar-refractivity contribution in [2.24, 2.45) is 28.1 Å². The highest BCUT2D eigenvalue weighted by Crippen LogP contribution is 2.06. The molecule has 5 unspecified atom stereocenters. The number of thiol groups is 1. The highest BCUT2D eigenvalue weighted by atomic mass is 32.1. The van der Waals surface area contributed by atoms with Crippen LogP contribution in [0.5, 0.6) is 0 Å². The zero-order valence-corrected chi connectivity index (χ0v) is 20.1. The third-order valence-electron chi connectivity index (χ3n) is 4.95. The van der Waals surface area contributed by atoms with E-state index in [4.69, 9.17) is 22.3 Å². The fourth-order valence-electron chi connectivity index (χ4n) is 2.66. The molecule has 0 spiro atoms. The largest absolute Gasteiger partial charge is 0.481 e. The number of nitrogens with one attached hydrogen (secondary N) is 3. The lowest BCUT2D eigenvalue weighted by Crippen LogP contribution is -2.58. The van der Waals surface area contributed by atoms with Gasteiger partial charge in [0.15, 0.2) is 5.96 Å². The molecule has 0 saturated carbocycles. The molecule has 0 fully saturated rings. The first-order valence-corrected chi connectivity index (χ1v) is 11.2. The van der Waals surface area contributed by atoms with E-state index in [-0.39, 0.29) is 37.0 Å². The summed E-state index contributed by atoms with van der Waals surface area (Å²) in [5.74, 6) is -5.76. The zero-order valence-electron chi connectivity index (χ0n) is 19.2. The molecule has 5 atom stereocenters. The topological polar surface area (TPSA) is 252 Å². The first-order valence-electron chi connectivity index (χ1n) is 10.6. The molecule has 0 aliphatic rings. The Morgan fingerprint density at radius 1 is 0.941 bits per heavy atom. The van der Waals surface area contributed by atoms with Gasteiger partial charge < -0.3 is 43.4 Å². The molecule has 0 aliphatic carbocycles. The minimum absolute atomic E-state index is 0.0472. The zero-order chi connectivity index (χ0) is 26.4. The van der Waals surface area contributed by atoms with E-state index in [0.717, 1.165) is 0 Å². The van der Waals surface area contributed by atoms with Gasteiger partial charge in [-0.05, 0) is 18.8 Å². The number of nitrogens with zero attached hydrogens (tertiary/aromatic N) is 1. The molecule has 14 nitrogen and oxygen atoms in total. The molecule has 34 heavy (non-hydrogen) atoms. The Kier molecular flexibility index (Phi) is 14.3. The number of hydrogen-bond acceptors (Lipinski definition) is 8. The molecule has 0 aliphatic heterocycles. The lowest BCUT2D eigenvalue weighted by molar-refractivity contribution is -0.143. The fourth-order valence-corrected chi connectivity index (χ4v) is 2.92. The summed E-state index contributed by atoms with van der Waals surface area (Å²) in [4.78, 5) is 63.9. The van der Waals surface area contributed by atoms with Crippen molar-refractivity contribution >= 4 is 48.2 Å². The quantitative estimate of drug-likeness (QED) is 0.0456. The minimum Gasteiger partial charge on any atom is -0.481 e. The third-order valence-corrected chi connectivity index (χ3v) is 5.31. The van der Waals surface area contributed by atoms with Crippen molar-refractivity contribution in [3.8, 4) is 0 Å². The molecule has 0 aromatic carbocycles. The number of rotatable bonds is 16. The highest BCUT2D eigenvalue weighted by Gasteiger charge is 2.31. The SMILES string of the molecule is CCC(C)C(N)C(=O)NC(CS)C(=O)NC(CC(=O)O)C(=O)NC(CCCN=C(N)N)C(=O)O. The maximum absolute atomic E-state index is 12.6. The molecular weight excluding hydrogens is 470 g/mol. The number of aliphatic carboxylic acids is 2. The Balaban J connectivity index is 5.29. The summed E-state index contributed by atoms with van der Waals surface area (Å²) in [6.07, 6.45) is -0.0227. The summed E-state index contributed by atoms with van der Waals surface area (Å²) >= 11 is 4.02. The van der Waals surface area contributed by atoms with Crippen LogP contribution >= 0.6 is 12.6 Å². The Hall–Kier alpha value is -3.07. The Morgan fingerprint density at radius 3 is 1.94 bits per heavy atom. The third kappa shape index (κ3) is 11.7. The van der Waals surface area contributed by atoms with Gasteiger partial charge in [-0.2, -0.15) is 12.6 Å². The molecular formula is C19H35N7O7S. The number of carboxylic acids is 2. The van der Waals surface area contributed by atoms with Gasteiger partial charge in [0.1, 0.15) is 18.1 Å². The van der Waals surface area contributed by atoms with Gasteiger partial charge in [-0.3, -0.25) is 24.2 Å². The average Bonchev–Trinajstić information content (AvgIpc) is 2.76. The molecule has 0 aromatic heterocycles. The summed E-state index contributed by atoms with van der Waals surface area (Å²) < 4.78 is 0. The predicted molar refractivity (Wildman–Crippen MR) is 127 cm³/mol. The number of carboxylic acid groups (broad SMARTS) is 2. The molecule has 11 N–H and O–H groups in total. The number of amides is 3.